The summed E-state index contributed by atoms with van der Waals surface area (Å²) in [6.07, 6.45) is 2.50. The number of nitrogens with zero attached hydrogens (tertiary/aromatic N) is 2. The standard InChI is InChI=1S/C11H10IN3O2S/c1-18(16,17)11-13-7-6-10(15-11)14-9-4-2-8(12)3-5-9/h2-7H,1H3,(H,13,14,15). The summed E-state index contributed by atoms with van der Waals surface area (Å²) in [5.41, 5.74) is 0.841. The van der Waals surface area contributed by atoms with Crippen LogP contribution in [0.1, 0.15) is 0 Å². The Balaban J connectivity index is 2.27. The van der Waals surface area contributed by atoms with Crippen LogP contribution in [0.5, 0.6) is 0 Å². The average molecular weight is 375 g/mol. The normalized spacial score (nSPS) is 11.2. The van der Waals surface area contributed by atoms with Crippen molar-refractivity contribution < 1.29 is 8.42 Å². The molecule has 0 bridgehead atoms. The summed E-state index contributed by atoms with van der Waals surface area (Å²) in [4.78, 5) is 7.68. The molecule has 0 aliphatic carbocycles. The number of anilines is 2. The van der Waals surface area contributed by atoms with Crippen LogP contribution < -0.4 is 5.32 Å². The lowest BCUT2D eigenvalue weighted by molar-refractivity contribution is 0.593. The zero-order valence-corrected chi connectivity index (χ0v) is 12.4. The van der Waals surface area contributed by atoms with Crippen LogP contribution in [0.15, 0.2) is 41.7 Å². The number of hydrogen-bond donors (Lipinski definition) is 1. The molecule has 2 aromatic rings. The molecular weight excluding hydrogens is 365 g/mol. The van der Waals surface area contributed by atoms with Gasteiger partial charge in [-0.25, -0.2) is 18.4 Å². The molecule has 0 atom stereocenters. The zero-order chi connectivity index (χ0) is 13.2. The van der Waals surface area contributed by atoms with Crippen LogP contribution in [-0.2, 0) is 9.84 Å². The highest BCUT2D eigenvalue weighted by atomic mass is 127. The van der Waals surface area contributed by atoms with Gasteiger partial charge in [0.15, 0.2) is 0 Å². The van der Waals surface area contributed by atoms with E-state index < -0.39 is 9.84 Å². The van der Waals surface area contributed by atoms with Crippen LogP contribution in [0.3, 0.4) is 0 Å². The van der Waals surface area contributed by atoms with Crippen molar-refractivity contribution in [2.75, 3.05) is 11.6 Å². The monoisotopic (exact) mass is 375 g/mol. The molecule has 0 saturated carbocycles. The molecule has 1 N–H and O–H groups in total. The second kappa shape index (κ2) is 5.19. The molecule has 0 unspecified atom stereocenters. The van der Waals surface area contributed by atoms with Crippen molar-refractivity contribution in [3.63, 3.8) is 0 Å². The molecule has 94 valence electrons. The Morgan fingerprint density at radius 2 is 1.83 bits per heavy atom. The van der Waals surface area contributed by atoms with Gasteiger partial charge in [-0.2, -0.15) is 0 Å². The van der Waals surface area contributed by atoms with Crippen molar-refractivity contribution in [3.05, 3.63) is 40.1 Å². The maximum atomic E-state index is 11.3. The summed E-state index contributed by atoms with van der Waals surface area (Å²) < 4.78 is 23.8. The lowest BCUT2D eigenvalue weighted by Gasteiger charge is -2.06. The quantitative estimate of drug-likeness (QED) is 0.658. The van der Waals surface area contributed by atoms with Gasteiger partial charge in [-0.05, 0) is 52.9 Å². The van der Waals surface area contributed by atoms with Crippen LogP contribution >= 0.6 is 22.6 Å². The van der Waals surface area contributed by atoms with Gasteiger partial charge in [-0.15, -0.1) is 0 Å². The van der Waals surface area contributed by atoms with Gasteiger partial charge in [0.25, 0.3) is 0 Å². The van der Waals surface area contributed by atoms with Crippen LogP contribution in [0.25, 0.3) is 0 Å². The number of hydrogen-bond acceptors (Lipinski definition) is 5. The summed E-state index contributed by atoms with van der Waals surface area (Å²) in [7, 11) is -3.39. The third kappa shape index (κ3) is 3.39. The summed E-state index contributed by atoms with van der Waals surface area (Å²) in [5.74, 6) is 0.451. The molecule has 0 aliphatic heterocycles. The molecule has 0 spiro atoms. The molecule has 0 radical (unpaired) electrons. The minimum absolute atomic E-state index is 0.182. The first kappa shape index (κ1) is 13.2. The van der Waals surface area contributed by atoms with Crippen LogP contribution in [0.2, 0.25) is 0 Å². The predicted octanol–water partition coefficient (Wildman–Crippen LogP) is 2.23. The van der Waals surface area contributed by atoms with Gasteiger partial charge in [-0.3, -0.25) is 0 Å². The van der Waals surface area contributed by atoms with Crippen LogP contribution in [-0.4, -0.2) is 24.6 Å². The Morgan fingerprint density at radius 1 is 1.17 bits per heavy atom. The van der Waals surface area contributed by atoms with Gasteiger partial charge in [-0.1, -0.05) is 0 Å². The average Bonchev–Trinajstić information content (AvgIpc) is 2.31. The van der Waals surface area contributed by atoms with Crippen LogP contribution in [0.4, 0.5) is 11.5 Å². The minimum Gasteiger partial charge on any atom is -0.340 e. The fourth-order valence-electron chi connectivity index (χ4n) is 1.27. The van der Waals surface area contributed by atoms with Gasteiger partial charge >= 0.3 is 0 Å². The van der Waals surface area contributed by atoms with Gasteiger partial charge in [0.2, 0.25) is 15.0 Å². The molecule has 1 heterocycles. The number of nitrogens with one attached hydrogen (secondary N) is 1. The van der Waals surface area contributed by atoms with Crippen LogP contribution in [0, 0.1) is 3.57 Å². The first-order valence-electron chi connectivity index (χ1n) is 5.01. The van der Waals surface area contributed by atoms with Crippen molar-refractivity contribution in [3.8, 4) is 0 Å². The number of sulfone groups is 1. The van der Waals surface area contributed by atoms with Crippen molar-refractivity contribution in [1.82, 2.24) is 9.97 Å². The molecule has 0 aliphatic rings. The second-order valence-electron chi connectivity index (χ2n) is 3.63. The topological polar surface area (TPSA) is 72.0 Å². The van der Waals surface area contributed by atoms with Crippen molar-refractivity contribution in [2.45, 2.75) is 5.16 Å². The number of aromatic nitrogens is 2. The van der Waals surface area contributed by atoms with Crippen molar-refractivity contribution in [1.29, 1.82) is 0 Å². The van der Waals surface area contributed by atoms with Gasteiger partial charge in [0.05, 0.1) is 0 Å². The maximum Gasteiger partial charge on any atom is 0.248 e. The van der Waals surface area contributed by atoms with E-state index in [-0.39, 0.29) is 5.16 Å². The molecule has 18 heavy (non-hydrogen) atoms. The summed E-state index contributed by atoms with van der Waals surface area (Å²) in [5, 5.41) is 2.84. The van der Waals surface area contributed by atoms with Gasteiger partial charge < -0.3 is 5.32 Å². The third-order valence-corrected chi connectivity index (χ3v) is 3.66. The number of halogens is 1. The molecular formula is C11H10IN3O2S. The maximum absolute atomic E-state index is 11.3. The van der Waals surface area contributed by atoms with Crippen molar-refractivity contribution >= 4 is 43.9 Å². The van der Waals surface area contributed by atoms with E-state index >= 15 is 0 Å². The van der Waals surface area contributed by atoms with E-state index in [4.69, 9.17) is 0 Å². The van der Waals surface area contributed by atoms with Gasteiger partial charge in [0.1, 0.15) is 5.82 Å². The Morgan fingerprint density at radius 3 is 2.44 bits per heavy atom. The fourth-order valence-corrected chi connectivity index (χ4v) is 2.15. The largest absolute Gasteiger partial charge is 0.340 e. The second-order valence-corrected chi connectivity index (χ2v) is 6.78. The molecule has 1 aromatic carbocycles. The summed E-state index contributed by atoms with van der Waals surface area (Å²) in [6.45, 7) is 0. The lowest BCUT2D eigenvalue weighted by atomic mass is 10.3. The first-order chi connectivity index (χ1) is 8.45. The highest BCUT2D eigenvalue weighted by Gasteiger charge is 2.11. The lowest BCUT2D eigenvalue weighted by Crippen LogP contribution is -2.05. The highest BCUT2D eigenvalue weighted by Crippen LogP contribution is 2.16. The zero-order valence-electron chi connectivity index (χ0n) is 9.46. The highest BCUT2D eigenvalue weighted by molar-refractivity contribution is 14.1. The van der Waals surface area contributed by atoms with E-state index in [1.54, 1.807) is 6.07 Å². The van der Waals surface area contributed by atoms with E-state index in [0.29, 0.717) is 5.82 Å². The molecule has 0 amide bonds. The van der Waals surface area contributed by atoms with Gasteiger partial charge in [0, 0.05) is 21.7 Å². The van der Waals surface area contributed by atoms with E-state index in [1.807, 2.05) is 24.3 Å². The Bertz CT molecular complexity index is 656. The summed E-state index contributed by atoms with van der Waals surface area (Å²) >= 11 is 2.21. The Labute approximate surface area is 119 Å². The summed E-state index contributed by atoms with van der Waals surface area (Å²) in [6, 6.07) is 9.30. The Hall–Kier alpha value is -1.22. The van der Waals surface area contributed by atoms with Crippen molar-refractivity contribution in [2.24, 2.45) is 0 Å². The SMILES string of the molecule is CS(=O)(=O)c1nccc(Nc2ccc(I)cc2)n1. The molecule has 0 fully saturated rings. The molecule has 5 nitrogen and oxygen atoms in total. The van der Waals surface area contributed by atoms with E-state index in [9.17, 15) is 8.42 Å². The molecule has 2 rings (SSSR count). The third-order valence-electron chi connectivity index (χ3n) is 2.08. The predicted molar refractivity (Wildman–Crippen MR) is 77.6 cm³/mol. The number of benzene rings is 1. The molecule has 7 heteroatoms. The number of rotatable bonds is 3. The minimum atomic E-state index is -3.39. The fraction of sp³-hybridized carbons (Fsp3) is 0.0909. The Kier molecular flexibility index (Phi) is 3.81. The van der Waals surface area contributed by atoms with E-state index in [2.05, 4.69) is 37.9 Å². The van der Waals surface area contributed by atoms with E-state index in [0.717, 1.165) is 15.5 Å². The molecule has 0 saturated heterocycles. The van der Waals surface area contributed by atoms with E-state index in [1.165, 1.54) is 6.20 Å². The first-order valence-corrected chi connectivity index (χ1v) is 7.98. The smallest absolute Gasteiger partial charge is 0.248 e. The molecule has 1 aromatic heterocycles.